The average Bonchev–Trinajstić information content (AvgIpc) is 2.51. The van der Waals surface area contributed by atoms with E-state index in [0.29, 0.717) is 28.1 Å². The van der Waals surface area contributed by atoms with Gasteiger partial charge in [-0.1, -0.05) is 29.3 Å². The summed E-state index contributed by atoms with van der Waals surface area (Å²) < 4.78 is 4.50. The molecule has 0 spiro atoms. The lowest BCUT2D eigenvalue weighted by Crippen LogP contribution is -2.11. The lowest BCUT2D eigenvalue weighted by molar-refractivity contribution is 0.187. The molecule has 0 aliphatic heterocycles. The molecule has 7 heteroatoms. The quantitative estimate of drug-likeness (QED) is 0.855. The Morgan fingerprint density at radius 2 is 2.09 bits per heavy atom. The van der Waals surface area contributed by atoms with E-state index in [1.165, 1.54) is 7.11 Å². The van der Waals surface area contributed by atoms with Gasteiger partial charge in [0, 0.05) is 16.6 Å². The number of nitrogens with one attached hydrogen (secondary N) is 2. The number of pyridine rings is 1. The van der Waals surface area contributed by atoms with E-state index in [4.69, 9.17) is 23.2 Å². The minimum atomic E-state index is -0.528. The number of anilines is 2. The summed E-state index contributed by atoms with van der Waals surface area (Å²) >= 11 is 12.0. The first-order valence-corrected chi connectivity index (χ1v) is 7.33. The molecule has 0 radical (unpaired) electrons. The van der Waals surface area contributed by atoms with Crippen molar-refractivity contribution >= 4 is 40.8 Å². The van der Waals surface area contributed by atoms with Crippen LogP contribution in [0.4, 0.5) is 16.3 Å². The normalized spacial score (nSPS) is 10.1. The standard InChI is InChI=1S/C15H15Cl2N3O2/c1-22-15(21)20-12-4-5-14(19-9-12)18-7-6-10-2-3-11(16)8-13(10)17/h2-5,8-9H,6-7H2,1H3,(H,18,19)(H,20,21). The summed E-state index contributed by atoms with van der Waals surface area (Å²) in [6, 6.07) is 8.96. The second-order valence-electron chi connectivity index (χ2n) is 4.46. The van der Waals surface area contributed by atoms with Crippen LogP contribution in [0.25, 0.3) is 0 Å². The minimum absolute atomic E-state index is 0.528. The molecule has 116 valence electrons. The van der Waals surface area contributed by atoms with Gasteiger partial charge in [0.05, 0.1) is 19.0 Å². The molecule has 0 bridgehead atoms. The lowest BCUT2D eigenvalue weighted by atomic mass is 10.1. The van der Waals surface area contributed by atoms with Gasteiger partial charge < -0.3 is 10.1 Å². The van der Waals surface area contributed by atoms with Gasteiger partial charge in [-0.15, -0.1) is 0 Å². The molecule has 22 heavy (non-hydrogen) atoms. The minimum Gasteiger partial charge on any atom is -0.453 e. The fourth-order valence-corrected chi connectivity index (χ4v) is 2.29. The third-order valence-electron chi connectivity index (χ3n) is 2.91. The molecule has 1 aromatic heterocycles. The first-order chi connectivity index (χ1) is 10.6. The van der Waals surface area contributed by atoms with Crippen molar-refractivity contribution < 1.29 is 9.53 Å². The van der Waals surface area contributed by atoms with Crippen LogP contribution in [0.2, 0.25) is 10.0 Å². The molecule has 0 fully saturated rings. The van der Waals surface area contributed by atoms with Crippen molar-refractivity contribution in [2.45, 2.75) is 6.42 Å². The van der Waals surface area contributed by atoms with Crippen LogP contribution in [0.1, 0.15) is 5.56 Å². The van der Waals surface area contributed by atoms with E-state index < -0.39 is 6.09 Å². The number of halogens is 2. The van der Waals surface area contributed by atoms with Crippen molar-refractivity contribution in [2.24, 2.45) is 0 Å². The van der Waals surface area contributed by atoms with Gasteiger partial charge in [0.2, 0.25) is 0 Å². The fourth-order valence-electron chi connectivity index (χ4n) is 1.79. The lowest BCUT2D eigenvalue weighted by Gasteiger charge is -2.08. The second kappa shape index (κ2) is 7.87. The van der Waals surface area contributed by atoms with Crippen LogP contribution in [0.3, 0.4) is 0 Å². The molecular weight excluding hydrogens is 325 g/mol. The van der Waals surface area contributed by atoms with E-state index in [1.807, 2.05) is 12.1 Å². The van der Waals surface area contributed by atoms with Crippen LogP contribution < -0.4 is 10.6 Å². The highest BCUT2D eigenvalue weighted by molar-refractivity contribution is 6.35. The van der Waals surface area contributed by atoms with Gasteiger partial charge in [0.15, 0.2) is 0 Å². The predicted molar refractivity (Wildman–Crippen MR) is 88.9 cm³/mol. The van der Waals surface area contributed by atoms with Crippen LogP contribution in [-0.4, -0.2) is 24.7 Å². The molecule has 0 aliphatic carbocycles. The zero-order valence-corrected chi connectivity index (χ0v) is 13.4. The smallest absolute Gasteiger partial charge is 0.411 e. The molecule has 0 saturated carbocycles. The number of benzene rings is 1. The number of methoxy groups -OCH3 is 1. The molecule has 1 aromatic carbocycles. The number of rotatable bonds is 5. The number of aromatic nitrogens is 1. The largest absolute Gasteiger partial charge is 0.453 e. The summed E-state index contributed by atoms with van der Waals surface area (Å²) in [5.74, 6) is 0.709. The molecule has 5 nitrogen and oxygen atoms in total. The van der Waals surface area contributed by atoms with Crippen LogP contribution in [0, 0.1) is 0 Å². The van der Waals surface area contributed by atoms with Gasteiger partial charge in [0.25, 0.3) is 0 Å². The molecule has 0 atom stereocenters. The summed E-state index contributed by atoms with van der Waals surface area (Å²) in [4.78, 5) is 15.3. The van der Waals surface area contributed by atoms with Crippen molar-refractivity contribution in [3.63, 3.8) is 0 Å². The van der Waals surface area contributed by atoms with Crippen molar-refractivity contribution in [3.05, 3.63) is 52.1 Å². The van der Waals surface area contributed by atoms with E-state index >= 15 is 0 Å². The van der Waals surface area contributed by atoms with Gasteiger partial charge in [-0.3, -0.25) is 5.32 Å². The number of ether oxygens (including phenoxy) is 1. The SMILES string of the molecule is COC(=O)Nc1ccc(NCCc2ccc(Cl)cc2Cl)nc1. The average molecular weight is 340 g/mol. The Hall–Kier alpha value is -1.98. The molecule has 1 heterocycles. The molecular formula is C15H15Cl2N3O2. The summed E-state index contributed by atoms with van der Waals surface area (Å²) in [5, 5.41) is 6.99. The highest BCUT2D eigenvalue weighted by atomic mass is 35.5. The Morgan fingerprint density at radius 3 is 2.73 bits per heavy atom. The topological polar surface area (TPSA) is 63.2 Å². The second-order valence-corrected chi connectivity index (χ2v) is 5.30. The third kappa shape index (κ3) is 4.79. The Kier molecular flexibility index (Phi) is 5.86. The van der Waals surface area contributed by atoms with Crippen molar-refractivity contribution in [3.8, 4) is 0 Å². The monoisotopic (exact) mass is 339 g/mol. The molecule has 0 saturated heterocycles. The Bertz CT molecular complexity index is 648. The summed E-state index contributed by atoms with van der Waals surface area (Å²) in [6.45, 7) is 0.679. The number of hydrogen-bond donors (Lipinski definition) is 2. The number of carbonyl (C=O) groups excluding carboxylic acids is 1. The maximum Gasteiger partial charge on any atom is 0.411 e. The van der Waals surface area contributed by atoms with Crippen molar-refractivity contribution in [1.82, 2.24) is 4.98 Å². The molecule has 2 aromatic rings. The van der Waals surface area contributed by atoms with E-state index in [0.717, 1.165) is 12.0 Å². The van der Waals surface area contributed by atoms with Crippen LogP contribution in [0.15, 0.2) is 36.5 Å². The first-order valence-electron chi connectivity index (χ1n) is 6.57. The van der Waals surface area contributed by atoms with Crippen LogP contribution in [-0.2, 0) is 11.2 Å². The zero-order chi connectivity index (χ0) is 15.9. The molecule has 2 N–H and O–H groups in total. The Balaban J connectivity index is 1.85. The maximum atomic E-state index is 11.1. The molecule has 0 aliphatic rings. The van der Waals surface area contributed by atoms with E-state index in [-0.39, 0.29) is 0 Å². The van der Waals surface area contributed by atoms with Gasteiger partial charge >= 0.3 is 6.09 Å². The van der Waals surface area contributed by atoms with Gasteiger partial charge in [-0.25, -0.2) is 9.78 Å². The summed E-state index contributed by atoms with van der Waals surface area (Å²) in [5.41, 5.74) is 1.58. The highest BCUT2D eigenvalue weighted by Crippen LogP contribution is 2.21. The predicted octanol–water partition coefficient (Wildman–Crippen LogP) is 4.22. The fraction of sp³-hybridized carbons (Fsp3) is 0.200. The molecule has 0 unspecified atom stereocenters. The Morgan fingerprint density at radius 1 is 1.27 bits per heavy atom. The van der Waals surface area contributed by atoms with Crippen LogP contribution >= 0.6 is 23.2 Å². The zero-order valence-electron chi connectivity index (χ0n) is 11.9. The van der Waals surface area contributed by atoms with E-state index in [1.54, 1.807) is 24.4 Å². The van der Waals surface area contributed by atoms with Crippen molar-refractivity contribution in [2.75, 3.05) is 24.3 Å². The summed E-state index contributed by atoms with van der Waals surface area (Å²) in [6.07, 6.45) is 1.77. The number of carbonyl (C=O) groups is 1. The van der Waals surface area contributed by atoms with Gasteiger partial charge in [-0.05, 0) is 36.2 Å². The van der Waals surface area contributed by atoms with Crippen molar-refractivity contribution in [1.29, 1.82) is 0 Å². The van der Waals surface area contributed by atoms with Gasteiger partial charge in [-0.2, -0.15) is 0 Å². The summed E-state index contributed by atoms with van der Waals surface area (Å²) in [7, 11) is 1.31. The van der Waals surface area contributed by atoms with Gasteiger partial charge in [0.1, 0.15) is 5.82 Å². The van der Waals surface area contributed by atoms with E-state index in [9.17, 15) is 4.79 Å². The first kappa shape index (κ1) is 16.4. The molecule has 1 amide bonds. The van der Waals surface area contributed by atoms with Crippen LogP contribution in [0.5, 0.6) is 0 Å². The number of hydrogen-bond acceptors (Lipinski definition) is 4. The third-order valence-corrected chi connectivity index (χ3v) is 3.50. The number of amides is 1. The Labute approximate surface area is 138 Å². The van der Waals surface area contributed by atoms with E-state index in [2.05, 4.69) is 20.4 Å². The maximum absolute atomic E-state index is 11.1. The molecule has 2 rings (SSSR count). The highest BCUT2D eigenvalue weighted by Gasteiger charge is 2.03. The number of nitrogens with zero attached hydrogens (tertiary/aromatic N) is 1.